The zero-order valence-electron chi connectivity index (χ0n) is 34.1. The highest BCUT2D eigenvalue weighted by molar-refractivity contribution is 6.41. The standard InChI is InChI=1S/C43H47ClN10O7/c1-43(2,3)61-42(60)34-22-27-21-29(7-14-33(27)47-34)46-39(57)37(53-19-18-52(40(58)41(53)59)36-23-28(44)6-15-35(36)54-25-45-48-49-54)20-26-4-8-31(9-5-26)51-17-16-50(24-38(51)56)30-10-12-32(55)13-11-30/h4-9,14-15,21-23,25,30,32,37,47,55H,10-13,16-20,24H2,1-3H3,(H,46,57)/t30?,32?,37-/m0/s1. The number of fused-ring (bicyclic) bond motifs is 1. The van der Waals surface area contributed by atoms with Gasteiger partial charge in [-0.25, -0.2) is 4.79 Å². The number of esters is 1. The number of hydrogen-bond donors (Lipinski definition) is 3. The topological polar surface area (TPSA) is 199 Å². The van der Waals surface area contributed by atoms with Crippen molar-refractivity contribution in [1.29, 1.82) is 0 Å². The largest absolute Gasteiger partial charge is 0.455 e. The van der Waals surface area contributed by atoms with E-state index in [1.807, 2.05) is 24.3 Å². The second kappa shape index (κ2) is 17.1. The molecule has 3 aliphatic rings. The molecule has 1 aliphatic carbocycles. The van der Waals surface area contributed by atoms with E-state index in [0.717, 1.165) is 37.9 Å². The molecule has 4 amide bonds. The van der Waals surface area contributed by atoms with Crippen LogP contribution in [0.5, 0.6) is 0 Å². The Morgan fingerprint density at radius 1 is 0.902 bits per heavy atom. The van der Waals surface area contributed by atoms with E-state index in [0.29, 0.717) is 51.6 Å². The minimum absolute atomic E-state index is 0.00935. The predicted octanol–water partition coefficient (Wildman–Crippen LogP) is 4.13. The van der Waals surface area contributed by atoms with Gasteiger partial charge in [-0.3, -0.25) is 24.1 Å². The number of rotatable bonds is 10. The number of halogens is 1. The smallest absolute Gasteiger partial charge is 0.355 e. The van der Waals surface area contributed by atoms with Crippen molar-refractivity contribution in [3.8, 4) is 5.69 Å². The number of aliphatic hydroxyl groups excluding tert-OH is 1. The Morgan fingerprint density at radius 2 is 1.66 bits per heavy atom. The molecule has 0 radical (unpaired) electrons. The number of hydrogen-bond acceptors (Lipinski definition) is 11. The fourth-order valence-electron chi connectivity index (χ4n) is 8.31. The molecule has 5 aromatic rings. The Labute approximate surface area is 356 Å². The SMILES string of the molecule is CC(C)(C)OC(=O)c1cc2cc(NC(=O)[C@H](Cc3ccc(N4CCN(C5CCC(O)CC5)CC4=O)cc3)N3CCN(c4cc(Cl)ccc4-n4cnnn4)C(=O)C3=O)ccc2[nH]1. The first-order valence-electron chi connectivity index (χ1n) is 20.3. The van der Waals surface area contributed by atoms with E-state index in [2.05, 4.69) is 30.7 Å². The van der Waals surface area contributed by atoms with E-state index in [4.69, 9.17) is 16.3 Å². The van der Waals surface area contributed by atoms with Gasteiger partial charge in [0.15, 0.2) is 0 Å². The summed E-state index contributed by atoms with van der Waals surface area (Å²) < 4.78 is 6.88. The van der Waals surface area contributed by atoms with Crippen molar-refractivity contribution in [2.75, 3.05) is 47.8 Å². The summed E-state index contributed by atoms with van der Waals surface area (Å²) in [6.07, 6.45) is 4.41. The van der Waals surface area contributed by atoms with Crippen LogP contribution in [0.25, 0.3) is 16.6 Å². The number of ether oxygens (including phenoxy) is 1. The van der Waals surface area contributed by atoms with Gasteiger partial charge in [0.25, 0.3) is 0 Å². The number of carbonyl (C=O) groups excluding carboxylic acids is 5. The van der Waals surface area contributed by atoms with Crippen molar-refractivity contribution in [2.45, 2.75) is 76.7 Å². The van der Waals surface area contributed by atoms with Crippen LogP contribution >= 0.6 is 11.6 Å². The van der Waals surface area contributed by atoms with E-state index in [1.165, 1.54) is 20.8 Å². The molecule has 18 heteroatoms. The van der Waals surface area contributed by atoms with Gasteiger partial charge in [-0.1, -0.05) is 23.7 Å². The maximum Gasteiger partial charge on any atom is 0.355 e. The molecule has 1 saturated carbocycles. The summed E-state index contributed by atoms with van der Waals surface area (Å²) in [5.41, 5.74) is 2.82. The molecule has 3 N–H and O–H groups in total. The summed E-state index contributed by atoms with van der Waals surface area (Å²) in [5, 5.41) is 25.2. The maximum atomic E-state index is 14.4. The van der Waals surface area contributed by atoms with Crippen LogP contribution in [0.15, 0.2) is 73.1 Å². The quantitative estimate of drug-likeness (QED) is 0.135. The normalized spacial score (nSPS) is 19.7. The van der Waals surface area contributed by atoms with Crippen molar-refractivity contribution in [2.24, 2.45) is 0 Å². The Balaban J connectivity index is 1.03. The molecule has 0 unspecified atom stereocenters. The van der Waals surface area contributed by atoms with Crippen molar-refractivity contribution >= 4 is 69.2 Å². The van der Waals surface area contributed by atoms with Crippen LogP contribution in [-0.4, -0.2) is 126 Å². The van der Waals surface area contributed by atoms with Crippen LogP contribution in [0.4, 0.5) is 17.1 Å². The molecule has 0 spiro atoms. The van der Waals surface area contributed by atoms with Crippen LogP contribution in [0.3, 0.4) is 0 Å². The Kier molecular flexibility index (Phi) is 11.6. The number of carbonyl (C=O) groups is 5. The molecule has 2 aliphatic heterocycles. The third-order valence-corrected chi connectivity index (χ3v) is 11.6. The van der Waals surface area contributed by atoms with Gasteiger partial charge in [0.1, 0.15) is 23.7 Å². The summed E-state index contributed by atoms with van der Waals surface area (Å²) in [5.74, 6) is -2.80. The van der Waals surface area contributed by atoms with Gasteiger partial charge in [-0.05, 0) is 117 Å². The van der Waals surface area contributed by atoms with Gasteiger partial charge in [-0.2, -0.15) is 4.68 Å². The lowest BCUT2D eigenvalue weighted by atomic mass is 9.91. The number of nitrogens with zero attached hydrogens (tertiary/aromatic N) is 8. The van der Waals surface area contributed by atoms with Gasteiger partial charge in [0.2, 0.25) is 11.8 Å². The molecule has 2 saturated heterocycles. The number of aromatic amines is 1. The van der Waals surface area contributed by atoms with Crippen LogP contribution in [-0.2, 0) is 30.3 Å². The summed E-state index contributed by atoms with van der Waals surface area (Å²) in [7, 11) is 0. The highest BCUT2D eigenvalue weighted by Gasteiger charge is 2.41. The molecule has 61 heavy (non-hydrogen) atoms. The van der Waals surface area contributed by atoms with E-state index in [9.17, 15) is 29.1 Å². The third-order valence-electron chi connectivity index (χ3n) is 11.4. The number of nitrogens with one attached hydrogen (secondary N) is 2. The fourth-order valence-corrected chi connectivity index (χ4v) is 8.48. The summed E-state index contributed by atoms with van der Waals surface area (Å²) in [6.45, 7) is 6.95. The molecule has 0 bridgehead atoms. The van der Waals surface area contributed by atoms with E-state index >= 15 is 0 Å². The number of H-pyrrole nitrogens is 1. The number of benzene rings is 3. The van der Waals surface area contributed by atoms with Gasteiger partial charge in [0.05, 0.1) is 24.0 Å². The van der Waals surface area contributed by atoms with Crippen LogP contribution in [0.2, 0.25) is 5.02 Å². The molecule has 4 heterocycles. The van der Waals surface area contributed by atoms with Gasteiger partial charge >= 0.3 is 17.8 Å². The number of amides is 4. The number of aliphatic hydroxyl groups is 1. The molecule has 318 valence electrons. The second-order valence-electron chi connectivity index (χ2n) is 16.7. The van der Waals surface area contributed by atoms with Crippen molar-refractivity contribution < 1.29 is 33.8 Å². The molecule has 3 fully saturated rings. The predicted molar refractivity (Wildman–Crippen MR) is 226 cm³/mol. The monoisotopic (exact) mass is 850 g/mol. The number of tetrazole rings is 1. The lowest BCUT2D eigenvalue weighted by Gasteiger charge is -2.41. The van der Waals surface area contributed by atoms with Gasteiger partial charge in [0, 0.05) is 65.9 Å². The van der Waals surface area contributed by atoms with Crippen molar-refractivity contribution in [1.82, 2.24) is 35.0 Å². The zero-order valence-corrected chi connectivity index (χ0v) is 34.8. The molecular formula is C43H47ClN10O7. The Morgan fingerprint density at radius 3 is 2.36 bits per heavy atom. The van der Waals surface area contributed by atoms with E-state index in [1.54, 1.807) is 68.1 Å². The average Bonchev–Trinajstić information content (AvgIpc) is 3.92. The molecule has 2 aromatic heterocycles. The van der Waals surface area contributed by atoms with Crippen LogP contribution < -0.4 is 15.1 Å². The maximum absolute atomic E-state index is 14.4. The zero-order chi connectivity index (χ0) is 43.0. The van der Waals surface area contributed by atoms with E-state index in [-0.39, 0.29) is 43.3 Å². The first-order chi connectivity index (χ1) is 29.2. The summed E-state index contributed by atoms with van der Waals surface area (Å²) >= 11 is 6.36. The van der Waals surface area contributed by atoms with Gasteiger partial charge in [-0.15, -0.1) is 5.10 Å². The molecule has 8 rings (SSSR count). The average molecular weight is 851 g/mol. The lowest BCUT2D eigenvalue weighted by Crippen LogP contribution is -2.60. The molecule has 17 nitrogen and oxygen atoms in total. The van der Waals surface area contributed by atoms with Crippen LogP contribution in [0.1, 0.15) is 62.5 Å². The first kappa shape index (κ1) is 41.6. The lowest BCUT2D eigenvalue weighted by molar-refractivity contribution is -0.149. The second-order valence-corrected chi connectivity index (χ2v) is 17.1. The minimum Gasteiger partial charge on any atom is -0.455 e. The fraction of sp³-hybridized carbons (Fsp3) is 0.395. The number of anilines is 3. The summed E-state index contributed by atoms with van der Waals surface area (Å²) in [4.78, 5) is 78.3. The Hall–Kier alpha value is -6.17. The van der Waals surface area contributed by atoms with E-state index < -0.39 is 35.3 Å². The summed E-state index contributed by atoms with van der Waals surface area (Å²) in [6, 6.07) is 18.1. The van der Waals surface area contributed by atoms with Gasteiger partial charge < -0.3 is 34.8 Å². The van der Waals surface area contributed by atoms with Crippen LogP contribution in [0, 0.1) is 0 Å². The third kappa shape index (κ3) is 9.13. The molecule has 1 atom stereocenters. The molecular weight excluding hydrogens is 804 g/mol. The molecule has 3 aromatic carbocycles. The Bertz CT molecular complexity index is 2460. The van der Waals surface area contributed by atoms with Crippen molar-refractivity contribution in [3.63, 3.8) is 0 Å². The highest BCUT2D eigenvalue weighted by Crippen LogP contribution is 2.31. The minimum atomic E-state index is -1.12. The van der Waals surface area contributed by atoms with Crippen molar-refractivity contribution in [3.05, 3.63) is 89.3 Å². The number of piperazine rings is 2. The number of aromatic nitrogens is 5. The highest BCUT2D eigenvalue weighted by atomic mass is 35.5. The first-order valence-corrected chi connectivity index (χ1v) is 20.7.